The highest BCUT2D eigenvalue weighted by Gasteiger charge is 2.02. The fraction of sp³-hybridized carbons (Fsp3) is 0.118. The zero-order valence-electron chi connectivity index (χ0n) is 12.1. The van der Waals surface area contributed by atoms with E-state index in [4.69, 9.17) is 4.74 Å². The van der Waals surface area contributed by atoms with E-state index in [9.17, 15) is 0 Å². The van der Waals surface area contributed by atoms with Crippen LogP contribution in [0.3, 0.4) is 0 Å². The Morgan fingerprint density at radius 3 is 2.62 bits per heavy atom. The van der Waals surface area contributed by atoms with Crippen LogP contribution in [0.1, 0.15) is 5.56 Å². The molecule has 3 aromatic rings. The van der Waals surface area contributed by atoms with Crippen LogP contribution in [0, 0.1) is 0 Å². The second-order valence-corrected chi connectivity index (χ2v) is 4.81. The molecule has 0 radical (unpaired) electrons. The van der Waals surface area contributed by atoms with Gasteiger partial charge in [0, 0.05) is 29.7 Å². The van der Waals surface area contributed by atoms with E-state index in [0.717, 1.165) is 17.0 Å². The van der Waals surface area contributed by atoms with Gasteiger partial charge < -0.3 is 9.30 Å². The first kappa shape index (κ1) is 13.2. The second-order valence-electron chi connectivity index (χ2n) is 4.81. The van der Waals surface area contributed by atoms with E-state index in [1.165, 1.54) is 10.9 Å². The van der Waals surface area contributed by atoms with Crippen molar-refractivity contribution in [2.75, 3.05) is 12.5 Å². The SMILES string of the molecule is COc1ccc(N/N=C/c2cn(C)c3ccccc23)cc1. The quantitative estimate of drug-likeness (QED) is 0.585. The van der Waals surface area contributed by atoms with Gasteiger partial charge in [0.15, 0.2) is 0 Å². The van der Waals surface area contributed by atoms with Gasteiger partial charge in [-0.15, -0.1) is 0 Å². The van der Waals surface area contributed by atoms with Crippen LogP contribution in [0.25, 0.3) is 10.9 Å². The number of anilines is 1. The normalized spacial score (nSPS) is 11.1. The first-order valence-electron chi connectivity index (χ1n) is 6.75. The van der Waals surface area contributed by atoms with Crippen LogP contribution in [0.4, 0.5) is 5.69 Å². The zero-order chi connectivity index (χ0) is 14.7. The molecule has 1 heterocycles. The molecule has 0 amide bonds. The third-order valence-electron chi connectivity index (χ3n) is 3.42. The van der Waals surface area contributed by atoms with Gasteiger partial charge in [0.25, 0.3) is 0 Å². The number of ether oxygens (including phenoxy) is 1. The van der Waals surface area contributed by atoms with Gasteiger partial charge in [-0.3, -0.25) is 5.43 Å². The zero-order valence-corrected chi connectivity index (χ0v) is 12.1. The molecule has 2 aromatic carbocycles. The molecular weight excluding hydrogens is 262 g/mol. The number of para-hydroxylation sites is 1. The van der Waals surface area contributed by atoms with Crippen molar-refractivity contribution in [1.29, 1.82) is 0 Å². The van der Waals surface area contributed by atoms with Gasteiger partial charge in [0.05, 0.1) is 19.0 Å². The molecule has 4 nitrogen and oxygen atoms in total. The average molecular weight is 279 g/mol. The van der Waals surface area contributed by atoms with Crippen molar-refractivity contribution < 1.29 is 4.74 Å². The number of aryl methyl sites for hydroxylation is 1. The highest BCUT2D eigenvalue weighted by molar-refractivity contribution is 5.99. The molecule has 21 heavy (non-hydrogen) atoms. The van der Waals surface area contributed by atoms with Crippen LogP contribution in [-0.2, 0) is 7.05 Å². The Kier molecular flexibility index (Phi) is 3.60. The van der Waals surface area contributed by atoms with Crippen molar-refractivity contribution in [3.05, 3.63) is 60.3 Å². The van der Waals surface area contributed by atoms with E-state index in [-0.39, 0.29) is 0 Å². The number of benzene rings is 2. The van der Waals surface area contributed by atoms with Gasteiger partial charge in [-0.2, -0.15) is 5.10 Å². The van der Waals surface area contributed by atoms with Gasteiger partial charge >= 0.3 is 0 Å². The minimum absolute atomic E-state index is 0.832. The Morgan fingerprint density at radius 1 is 1.10 bits per heavy atom. The summed E-state index contributed by atoms with van der Waals surface area (Å²) in [5.41, 5.74) is 6.24. The van der Waals surface area contributed by atoms with Crippen molar-refractivity contribution in [3.8, 4) is 5.75 Å². The molecule has 0 aliphatic carbocycles. The Hall–Kier alpha value is -2.75. The highest BCUT2D eigenvalue weighted by atomic mass is 16.5. The van der Waals surface area contributed by atoms with Crippen LogP contribution in [0.2, 0.25) is 0 Å². The van der Waals surface area contributed by atoms with Gasteiger partial charge in [0.2, 0.25) is 0 Å². The van der Waals surface area contributed by atoms with Gasteiger partial charge in [-0.05, 0) is 30.3 Å². The topological polar surface area (TPSA) is 38.5 Å². The summed E-state index contributed by atoms with van der Waals surface area (Å²) in [4.78, 5) is 0. The number of rotatable bonds is 4. The third kappa shape index (κ3) is 2.74. The molecule has 0 bridgehead atoms. The highest BCUT2D eigenvalue weighted by Crippen LogP contribution is 2.19. The molecule has 1 N–H and O–H groups in total. The molecule has 0 atom stereocenters. The molecule has 106 valence electrons. The molecule has 0 spiro atoms. The van der Waals surface area contributed by atoms with Crippen LogP contribution in [-0.4, -0.2) is 17.9 Å². The molecule has 3 rings (SSSR count). The van der Waals surface area contributed by atoms with Gasteiger partial charge in [-0.1, -0.05) is 18.2 Å². The molecular formula is C17H17N3O. The summed E-state index contributed by atoms with van der Waals surface area (Å²) in [6, 6.07) is 15.9. The smallest absolute Gasteiger partial charge is 0.119 e. The van der Waals surface area contributed by atoms with E-state index >= 15 is 0 Å². The summed E-state index contributed by atoms with van der Waals surface area (Å²) < 4.78 is 7.23. The number of nitrogens with zero attached hydrogens (tertiary/aromatic N) is 2. The summed E-state index contributed by atoms with van der Waals surface area (Å²) in [5.74, 6) is 0.832. The van der Waals surface area contributed by atoms with E-state index in [1.807, 2.05) is 49.7 Å². The summed E-state index contributed by atoms with van der Waals surface area (Å²) in [7, 11) is 3.69. The monoisotopic (exact) mass is 279 g/mol. The van der Waals surface area contributed by atoms with E-state index in [2.05, 4.69) is 33.4 Å². The van der Waals surface area contributed by atoms with Crippen LogP contribution >= 0.6 is 0 Å². The lowest BCUT2D eigenvalue weighted by Crippen LogP contribution is -1.90. The Balaban J connectivity index is 1.78. The summed E-state index contributed by atoms with van der Waals surface area (Å²) in [6.07, 6.45) is 3.91. The predicted molar refractivity (Wildman–Crippen MR) is 87.1 cm³/mol. The van der Waals surface area contributed by atoms with Crippen molar-refractivity contribution >= 4 is 22.8 Å². The minimum atomic E-state index is 0.832. The predicted octanol–water partition coefficient (Wildman–Crippen LogP) is 3.63. The van der Waals surface area contributed by atoms with Crippen molar-refractivity contribution in [2.45, 2.75) is 0 Å². The summed E-state index contributed by atoms with van der Waals surface area (Å²) >= 11 is 0. The van der Waals surface area contributed by atoms with Crippen LogP contribution in [0.15, 0.2) is 59.8 Å². The van der Waals surface area contributed by atoms with Crippen molar-refractivity contribution in [3.63, 3.8) is 0 Å². The fourth-order valence-corrected chi connectivity index (χ4v) is 2.32. The van der Waals surface area contributed by atoms with E-state index in [0.29, 0.717) is 0 Å². The molecule has 0 aliphatic rings. The Morgan fingerprint density at radius 2 is 1.86 bits per heavy atom. The van der Waals surface area contributed by atoms with Crippen LogP contribution < -0.4 is 10.2 Å². The number of methoxy groups -OCH3 is 1. The van der Waals surface area contributed by atoms with E-state index < -0.39 is 0 Å². The lowest BCUT2D eigenvalue weighted by Gasteiger charge is -2.02. The largest absolute Gasteiger partial charge is 0.497 e. The maximum atomic E-state index is 5.12. The third-order valence-corrected chi connectivity index (χ3v) is 3.42. The first-order chi connectivity index (χ1) is 10.3. The molecule has 0 fully saturated rings. The number of hydrogen-bond acceptors (Lipinski definition) is 3. The number of fused-ring (bicyclic) bond motifs is 1. The van der Waals surface area contributed by atoms with Gasteiger partial charge in [-0.25, -0.2) is 0 Å². The van der Waals surface area contributed by atoms with Crippen LogP contribution in [0.5, 0.6) is 5.75 Å². The maximum Gasteiger partial charge on any atom is 0.119 e. The molecule has 1 aromatic heterocycles. The first-order valence-corrected chi connectivity index (χ1v) is 6.75. The standard InChI is InChI=1S/C17H17N3O/c1-20-12-13(16-5-3-4-6-17(16)20)11-18-19-14-7-9-15(21-2)10-8-14/h3-12,19H,1-2H3/b18-11+. The number of nitrogens with one attached hydrogen (secondary N) is 1. The lowest BCUT2D eigenvalue weighted by molar-refractivity contribution is 0.415. The van der Waals surface area contributed by atoms with Crippen molar-refractivity contribution in [1.82, 2.24) is 4.57 Å². The molecule has 0 aliphatic heterocycles. The van der Waals surface area contributed by atoms with Crippen molar-refractivity contribution in [2.24, 2.45) is 12.1 Å². The van der Waals surface area contributed by atoms with E-state index in [1.54, 1.807) is 7.11 Å². The number of aromatic nitrogens is 1. The molecule has 0 saturated carbocycles. The summed E-state index contributed by atoms with van der Waals surface area (Å²) in [6.45, 7) is 0. The molecule has 0 saturated heterocycles. The number of hydrazone groups is 1. The summed E-state index contributed by atoms with van der Waals surface area (Å²) in [5, 5.41) is 5.50. The Labute approximate surface area is 123 Å². The maximum absolute atomic E-state index is 5.12. The average Bonchev–Trinajstić information content (AvgIpc) is 2.85. The lowest BCUT2D eigenvalue weighted by atomic mass is 10.2. The Bertz CT molecular complexity index is 772. The minimum Gasteiger partial charge on any atom is -0.497 e. The second kappa shape index (κ2) is 5.71. The van der Waals surface area contributed by atoms with Gasteiger partial charge in [0.1, 0.15) is 5.75 Å². The molecule has 4 heteroatoms. The number of hydrogen-bond donors (Lipinski definition) is 1. The fourth-order valence-electron chi connectivity index (χ4n) is 2.32. The molecule has 0 unspecified atom stereocenters.